The van der Waals surface area contributed by atoms with E-state index >= 15 is 0 Å². The zero-order valence-corrected chi connectivity index (χ0v) is 18.2. The van der Waals surface area contributed by atoms with E-state index in [2.05, 4.69) is 51.2 Å². The van der Waals surface area contributed by atoms with Gasteiger partial charge in [-0.1, -0.05) is 24.3 Å². The molecule has 0 amide bonds. The number of hydrogen-bond donors (Lipinski definition) is 0. The van der Waals surface area contributed by atoms with E-state index in [0.717, 1.165) is 50.5 Å². The molecule has 3 heterocycles. The van der Waals surface area contributed by atoms with Crippen LogP contribution in [0.25, 0.3) is 0 Å². The third-order valence-corrected chi connectivity index (χ3v) is 7.44. The molecule has 0 spiro atoms. The first kappa shape index (κ1) is 20.7. The number of piperazine rings is 1. The second-order valence-electron chi connectivity index (χ2n) is 7.76. The minimum absolute atomic E-state index is 0.514. The lowest BCUT2D eigenvalue weighted by Crippen LogP contribution is -2.47. The fourth-order valence-corrected chi connectivity index (χ4v) is 5.88. The molecule has 0 N–H and O–H groups in total. The monoisotopic (exact) mass is 413 g/mol. The maximum absolute atomic E-state index is 5.88. The van der Waals surface area contributed by atoms with Gasteiger partial charge < -0.3 is 14.4 Å². The molecule has 29 heavy (non-hydrogen) atoms. The van der Waals surface area contributed by atoms with Crippen molar-refractivity contribution in [1.29, 1.82) is 0 Å². The molecule has 1 saturated heterocycles. The second-order valence-corrected chi connectivity index (χ2v) is 9.10. The number of fused-ring (bicyclic) bond motifs is 1. The zero-order chi connectivity index (χ0) is 20.1. The first-order valence-corrected chi connectivity index (χ1v) is 11.4. The molecule has 1 atom stereocenters. The Morgan fingerprint density at radius 2 is 1.79 bits per heavy atom. The molecular formula is C23H31N3O2S. The van der Waals surface area contributed by atoms with Crippen LogP contribution in [0, 0.1) is 0 Å². The van der Waals surface area contributed by atoms with E-state index in [-0.39, 0.29) is 0 Å². The number of pyridine rings is 1. The van der Waals surface area contributed by atoms with Crippen LogP contribution in [0.4, 0.5) is 5.82 Å². The summed E-state index contributed by atoms with van der Waals surface area (Å²) in [5.74, 6) is 0.487. The Kier molecular flexibility index (Phi) is 6.75. The Hall–Kier alpha value is -1.60. The van der Waals surface area contributed by atoms with Gasteiger partial charge >= 0.3 is 0 Å². The number of nitrogens with zero attached hydrogens (tertiary/aromatic N) is 3. The van der Waals surface area contributed by atoms with Gasteiger partial charge in [0.25, 0.3) is 0 Å². The van der Waals surface area contributed by atoms with Gasteiger partial charge in [-0.3, -0.25) is 4.90 Å². The molecule has 0 bridgehead atoms. The summed E-state index contributed by atoms with van der Waals surface area (Å²) in [6.45, 7) is 5.48. The molecule has 0 saturated carbocycles. The van der Waals surface area contributed by atoms with E-state index < -0.39 is 5.79 Å². The van der Waals surface area contributed by atoms with Gasteiger partial charge in [0.15, 0.2) is 5.79 Å². The molecule has 2 aliphatic rings. The van der Waals surface area contributed by atoms with Crippen molar-refractivity contribution in [3.63, 3.8) is 0 Å². The van der Waals surface area contributed by atoms with Crippen molar-refractivity contribution < 1.29 is 9.47 Å². The summed E-state index contributed by atoms with van der Waals surface area (Å²) in [5, 5.41) is 0.514. The number of aromatic nitrogens is 1. The lowest BCUT2D eigenvalue weighted by atomic mass is 9.97. The normalized spacial score (nSPS) is 21.7. The molecule has 156 valence electrons. The van der Waals surface area contributed by atoms with Crippen LogP contribution in [0.5, 0.6) is 0 Å². The Bertz CT molecular complexity index is 777. The van der Waals surface area contributed by atoms with Gasteiger partial charge in [-0.2, -0.15) is 0 Å². The van der Waals surface area contributed by atoms with E-state index in [1.54, 1.807) is 14.2 Å². The summed E-state index contributed by atoms with van der Waals surface area (Å²) in [5.41, 5.74) is 1.16. The summed E-state index contributed by atoms with van der Waals surface area (Å²) in [4.78, 5) is 10.7. The summed E-state index contributed by atoms with van der Waals surface area (Å²) in [6.07, 6.45) is 5.15. The molecule has 1 aromatic carbocycles. The fraction of sp³-hybridized carbons (Fsp3) is 0.522. The van der Waals surface area contributed by atoms with E-state index in [0.29, 0.717) is 5.25 Å². The predicted octanol–water partition coefficient (Wildman–Crippen LogP) is 3.99. The summed E-state index contributed by atoms with van der Waals surface area (Å²) in [6, 6.07) is 14.6. The Morgan fingerprint density at radius 3 is 2.52 bits per heavy atom. The lowest BCUT2D eigenvalue weighted by Gasteiger charge is -2.40. The number of rotatable bonds is 7. The van der Waals surface area contributed by atoms with Crippen LogP contribution in [-0.2, 0) is 15.3 Å². The predicted molar refractivity (Wildman–Crippen MR) is 119 cm³/mol. The van der Waals surface area contributed by atoms with Gasteiger partial charge in [-0.25, -0.2) is 4.98 Å². The van der Waals surface area contributed by atoms with Crippen molar-refractivity contribution in [3.05, 3.63) is 54.2 Å². The number of ether oxygens (including phenoxy) is 2. The Labute approximate surface area is 178 Å². The molecular weight excluding hydrogens is 382 g/mol. The van der Waals surface area contributed by atoms with Crippen LogP contribution in [0.1, 0.15) is 24.8 Å². The van der Waals surface area contributed by atoms with Crippen molar-refractivity contribution in [2.45, 2.75) is 35.2 Å². The summed E-state index contributed by atoms with van der Waals surface area (Å²) < 4.78 is 11.8. The highest BCUT2D eigenvalue weighted by Crippen LogP contribution is 2.47. The van der Waals surface area contributed by atoms with Crippen molar-refractivity contribution in [2.24, 2.45) is 0 Å². The largest absolute Gasteiger partial charge is 0.354 e. The van der Waals surface area contributed by atoms with E-state index in [9.17, 15) is 0 Å². The molecule has 2 aromatic rings. The van der Waals surface area contributed by atoms with Crippen LogP contribution in [0.15, 0.2) is 53.6 Å². The van der Waals surface area contributed by atoms with Crippen LogP contribution in [0.3, 0.4) is 0 Å². The van der Waals surface area contributed by atoms with Crippen molar-refractivity contribution >= 4 is 17.6 Å². The molecule has 0 radical (unpaired) electrons. The average Bonchev–Trinajstić information content (AvgIpc) is 2.79. The maximum atomic E-state index is 5.88. The van der Waals surface area contributed by atoms with Gasteiger partial charge in [0.1, 0.15) is 5.82 Å². The van der Waals surface area contributed by atoms with Crippen molar-refractivity contribution in [3.8, 4) is 0 Å². The first-order chi connectivity index (χ1) is 14.2. The molecule has 6 heteroatoms. The maximum Gasteiger partial charge on any atom is 0.196 e. The van der Waals surface area contributed by atoms with E-state index in [1.807, 2.05) is 24.0 Å². The fourth-order valence-electron chi connectivity index (χ4n) is 4.43. The van der Waals surface area contributed by atoms with Gasteiger partial charge in [-0.15, -0.1) is 11.8 Å². The van der Waals surface area contributed by atoms with Gasteiger partial charge in [-0.05, 0) is 37.6 Å². The highest BCUT2D eigenvalue weighted by atomic mass is 32.2. The zero-order valence-electron chi connectivity index (χ0n) is 17.4. The third kappa shape index (κ3) is 4.61. The molecule has 2 aliphatic heterocycles. The lowest BCUT2D eigenvalue weighted by molar-refractivity contribution is -0.222. The Balaban J connectivity index is 1.27. The van der Waals surface area contributed by atoms with E-state index in [1.165, 1.54) is 17.7 Å². The van der Waals surface area contributed by atoms with Crippen LogP contribution >= 0.6 is 11.8 Å². The third-order valence-electron chi connectivity index (χ3n) is 6.09. The molecule has 1 aromatic heterocycles. The van der Waals surface area contributed by atoms with Crippen LogP contribution in [0.2, 0.25) is 0 Å². The van der Waals surface area contributed by atoms with Gasteiger partial charge in [0, 0.05) is 68.7 Å². The molecule has 0 aliphatic carbocycles. The smallest absolute Gasteiger partial charge is 0.196 e. The molecule has 4 rings (SSSR count). The van der Waals surface area contributed by atoms with E-state index in [4.69, 9.17) is 9.47 Å². The highest BCUT2D eigenvalue weighted by molar-refractivity contribution is 8.00. The minimum Gasteiger partial charge on any atom is -0.354 e. The molecule has 1 fully saturated rings. The Morgan fingerprint density at radius 1 is 1.03 bits per heavy atom. The highest BCUT2D eigenvalue weighted by Gasteiger charge is 2.41. The number of thioether (sulfide) groups is 1. The first-order valence-electron chi connectivity index (χ1n) is 10.5. The number of benzene rings is 1. The topological polar surface area (TPSA) is 37.8 Å². The van der Waals surface area contributed by atoms with Crippen LogP contribution < -0.4 is 4.90 Å². The van der Waals surface area contributed by atoms with Crippen molar-refractivity contribution in [1.82, 2.24) is 9.88 Å². The number of hydrogen-bond acceptors (Lipinski definition) is 6. The molecule has 5 nitrogen and oxygen atoms in total. The minimum atomic E-state index is -0.610. The average molecular weight is 414 g/mol. The van der Waals surface area contributed by atoms with Crippen molar-refractivity contribution in [2.75, 3.05) is 51.8 Å². The number of methoxy groups -OCH3 is 2. The van der Waals surface area contributed by atoms with Gasteiger partial charge in [0.05, 0.1) is 0 Å². The summed E-state index contributed by atoms with van der Waals surface area (Å²) in [7, 11) is 3.52. The standard InChI is InChI=1S/C23H31N3O2S/c1-27-23(28-2)18-19(29-21-10-4-3-9-20(21)23)8-7-13-25-14-16-26(17-15-25)22-11-5-6-12-24-22/h3-6,9-12,19H,7-8,13-18H2,1-2H3. The second kappa shape index (κ2) is 9.47. The number of anilines is 1. The summed E-state index contributed by atoms with van der Waals surface area (Å²) >= 11 is 1.98. The van der Waals surface area contributed by atoms with Crippen LogP contribution in [-0.4, -0.2) is 62.1 Å². The quantitative estimate of drug-likeness (QED) is 0.639. The SMILES string of the molecule is COC1(OC)CC(CCCN2CCN(c3ccccn3)CC2)Sc2ccccc21. The van der Waals surface area contributed by atoms with Gasteiger partial charge in [0.2, 0.25) is 0 Å². The molecule has 1 unspecified atom stereocenters.